The molecular formula is C16H22N2O4. The summed E-state index contributed by atoms with van der Waals surface area (Å²) in [6.07, 6.45) is 0.952. The van der Waals surface area contributed by atoms with Crippen LogP contribution in [0.15, 0.2) is 30.3 Å². The summed E-state index contributed by atoms with van der Waals surface area (Å²) in [6.45, 7) is 3.83. The van der Waals surface area contributed by atoms with E-state index in [1.54, 1.807) is 0 Å². The minimum absolute atomic E-state index is 0.00427. The lowest BCUT2D eigenvalue weighted by molar-refractivity contribution is -0.148. The SMILES string of the molecule is CCCNC(=O)NC(=O)COC(=O)C[C@H](C)c1ccccc1. The molecule has 6 nitrogen and oxygen atoms in total. The molecule has 0 bridgehead atoms. The highest BCUT2D eigenvalue weighted by Crippen LogP contribution is 2.18. The van der Waals surface area contributed by atoms with Crippen LogP contribution in [0, 0.1) is 0 Å². The van der Waals surface area contributed by atoms with Crippen molar-refractivity contribution in [2.45, 2.75) is 32.6 Å². The second-order valence-corrected chi connectivity index (χ2v) is 4.98. The molecule has 1 aromatic rings. The van der Waals surface area contributed by atoms with Crippen molar-refractivity contribution in [3.8, 4) is 0 Å². The first kappa shape index (κ1) is 17.7. The maximum absolute atomic E-state index is 11.7. The van der Waals surface area contributed by atoms with E-state index in [0.29, 0.717) is 6.54 Å². The van der Waals surface area contributed by atoms with Crippen molar-refractivity contribution >= 4 is 17.9 Å². The van der Waals surface area contributed by atoms with E-state index in [-0.39, 0.29) is 12.3 Å². The Hall–Kier alpha value is -2.37. The molecule has 3 amide bonds. The number of amides is 3. The number of hydrogen-bond acceptors (Lipinski definition) is 4. The lowest BCUT2D eigenvalue weighted by atomic mass is 9.98. The van der Waals surface area contributed by atoms with Crippen LogP contribution in [-0.4, -0.2) is 31.1 Å². The van der Waals surface area contributed by atoms with Gasteiger partial charge in [-0.25, -0.2) is 4.79 Å². The molecule has 1 atom stereocenters. The molecule has 0 aromatic heterocycles. The Morgan fingerprint density at radius 2 is 1.86 bits per heavy atom. The lowest BCUT2D eigenvalue weighted by Gasteiger charge is -2.11. The fourth-order valence-electron chi connectivity index (χ4n) is 1.80. The Morgan fingerprint density at radius 3 is 2.50 bits per heavy atom. The standard InChI is InChI=1S/C16H22N2O4/c1-3-9-17-16(21)18-14(19)11-22-15(20)10-12(2)13-7-5-4-6-8-13/h4-8,12H,3,9-11H2,1-2H3,(H2,17,18,19,21)/t12-/m0/s1. The molecule has 1 rings (SSSR count). The number of rotatable bonds is 7. The fraction of sp³-hybridized carbons (Fsp3) is 0.438. The summed E-state index contributed by atoms with van der Waals surface area (Å²) in [5, 5.41) is 4.58. The highest BCUT2D eigenvalue weighted by molar-refractivity contribution is 5.95. The van der Waals surface area contributed by atoms with Gasteiger partial charge in [0.1, 0.15) is 0 Å². The second kappa shape index (κ2) is 9.55. The minimum atomic E-state index is -0.644. The van der Waals surface area contributed by atoms with Gasteiger partial charge in [-0.15, -0.1) is 0 Å². The molecule has 0 spiro atoms. The van der Waals surface area contributed by atoms with Crippen LogP contribution in [0.5, 0.6) is 0 Å². The van der Waals surface area contributed by atoms with E-state index < -0.39 is 24.5 Å². The van der Waals surface area contributed by atoms with E-state index >= 15 is 0 Å². The molecular weight excluding hydrogens is 284 g/mol. The summed E-state index contributed by atoms with van der Waals surface area (Å²) >= 11 is 0. The first-order valence-corrected chi connectivity index (χ1v) is 7.31. The summed E-state index contributed by atoms with van der Waals surface area (Å²) in [6, 6.07) is 8.99. The molecule has 2 N–H and O–H groups in total. The van der Waals surface area contributed by atoms with Gasteiger partial charge in [-0.2, -0.15) is 0 Å². The molecule has 1 aromatic carbocycles. The molecule has 22 heavy (non-hydrogen) atoms. The zero-order valence-electron chi connectivity index (χ0n) is 12.9. The number of hydrogen-bond donors (Lipinski definition) is 2. The smallest absolute Gasteiger partial charge is 0.321 e. The maximum Gasteiger partial charge on any atom is 0.321 e. The Morgan fingerprint density at radius 1 is 1.18 bits per heavy atom. The topological polar surface area (TPSA) is 84.5 Å². The van der Waals surface area contributed by atoms with Gasteiger partial charge in [0.2, 0.25) is 0 Å². The quantitative estimate of drug-likeness (QED) is 0.754. The summed E-state index contributed by atoms with van der Waals surface area (Å²) < 4.78 is 4.87. The molecule has 0 unspecified atom stereocenters. The summed E-state index contributed by atoms with van der Waals surface area (Å²) in [7, 11) is 0. The van der Waals surface area contributed by atoms with Gasteiger partial charge in [-0.05, 0) is 17.9 Å². The van der Waals surface area contributed by atoms with E-state index in [4.69, 9.17) is 4.74 Å². The third kappa shape index (κ3) is 6.88. The van der Waals surface area contributed by atoms with Crippen LogP contribution < -0.4 is 10.6 Å². The van der Waals surface area contributed by atoms with E-state index in [2.05, 4.69) is 10.6 Å². The molecule has 0 aliphatic rings. The van der Waals surface area contributed by atoms with E-state index in [0.717, 1.165) is 12.0 Å². The van der Waals surface area contributed by atoms with Crippen molar-refractivity contribution in [3.05, 3.63) is 35.9 Å². The normalized spacial score (nSPS) is 11.4. The van der Waals surface area contributed by atoms with Crippen LogP contribution in [0.2, 0.25) is 0 Å². The Bertz CT molecular complexity index is 502. The highest BCUT2D eigenvalue weighted by atomic mass is 16.5. The van der Waals surface area contributed by atoms with Crippen LogP contribution in [0.1, 0.15) is 38.2 Å². The number of esters is 1. The zero-order chi connectivity index (χ0) is 16.4. The van der Waals surface area contributed by atoms with Gasteiger partial charge in [-0.3, -0.25) is 14.9 Å². The number of imide groups is 1. The molecule has 0 radical (unpaired) electrons. The van der Waals surface area contributed by atoms with Gasteiger partial charge in [-0.1, -0.05) is 44.2 Å². The monoisotopic (exact) mass is 306 g/mol. The minimum Gasteiger partial charge on any atom is -0.456 e. The predicted molar refractivity (Wildman–Crippen MR) is 82.3 cm³/mol. The average molecular weight is 306 g/mol. The Balaban J connectivity index is 2.28. The second-order valence-electron chi connectivity index (χ2n) is 4.98. The van der Waals surface area contributed by atoms with Crippen molar-refractivity contribution in [1.82, 2.24) is 10.6 Å². The molecule has 0 heterocycles. The fourth-order valence-corrected chi connectivity index (χ4v) is 1.80. The van der Waals surface area contributed by atoms with Gasteiger partial charge >= 0.3 is 12.0 Å². The first-order chi connectivity index (χ1) is 10.5. The van der Waals surface area contributed by atoms with Crippen molar-refractivity contribution in [2.75, 3.05) is 13.2 Å². The van der Waals surface area contributed by atoms with Gasteiger partial charge in [0.25, 0.3) is 5.91 Å². The van der Waals surface area contributed by atoms with Crippen LogP contribution >= 0.6 is 0 Å². The van der Waals surface area contributed by atoms with Gasteiger partial charge in [0, 0.05) is 6.54 Å². The molecule has 120 valence electrons. The number of nitrogens with one attached hydrogen (secondary N) is 2. The van der Waals surface area contributed by atoms with Crippen molar-refractivity contribution in [3.63, 3.8) is 0 Å². The van der Waals surface area contributed by atoms with Crippen molar-refractivity contribution in [2.24, 2.45) is 0 Å². The molecule has 0 saturated heterocycles. The third-order valence-corrected chi connectivity index (χ3v) is 2.99. The summed E-state index contributed by atoms with van der Waals surface area (Å²) in [5.74, 6) is -1.11. The summed E-state index contributed by atoms with van der Waals surface area (Å²) in [4.78, 5) is 34.4. The van der Waals surface area contributed by atoms with Gasteiger partial charge < -0.3 is 10.1 Å². The lowest BCUT2D eigenvalue weighted by Crippen LogP contribution is -2.41. The first-order valence-electron chi connectivity index (χ1n) is 7.31. The van der Waals surface area contributed by atoms with Crippen LogP contribution in [-0.2, 0) is 14.3 Å². The molecule has 0 aliphatic heterocycles. The number of carbonyl (C=O) groups excluding carboxylic acids is 3. The van der Waals surface area contributed by atoms with Crippen LogP contribution in [0.4, 0.5) is 4.79 Å². The Labute approximate surface area is 130 Å². The zero-order valence-corrected chi connectivity index (χ0v) is 12.9. The van der Waals surface area contributed by atoms with E-state index in [1.807, 2.05) is 44.2 Å². The maximum atomic E-state index is 11.7. The molecule has 6 heteroatoms. The predicted octanol–water partition coefficient (Wildman–Crippen LogP) is 1.96. The summed E-state index contributed by atoms with van der Waals surface area (Å²) in [5.41, 5.74) is 1.03. The average Bonchev–Trinajstić information content (AvgIpc) is 2.51. The number of benzene rings is 1. The third-order valence-electron chi connectivity index (χ3n) is 2.99. The Kier molecular flexibility index (Phi) is 7.67. The van der Waals surface area contributed by atoms with Gasteiger partial charge in [0.05, 0.1) is 6.42 Å². The molecule has 0 aliphatic carbocycles. The largest absolute Gasteiger partial charge is 0.456 e. The van der Waals surface area contributed by atoms with Crippen LogP contribution in [0.25, 0.3) is 0 Å². The number of ether oxygens (including phenoxy) is 1. The molecule has 0 fully saturated rings. The van der Waals surface area contributed by atoms with E-state index in [9.17, 15) is 14.4 Å². The highest BCUT2D eigenvalue weighted by Gasteiger charge is 2.14. The van der Waals surface area contributed by atoms with Crippen LogP contribution in [0.3, 0.4) is 0 Å². The molecule has 0 saturated carbocycles. The number of urea groups is 1. The van der Waals surface area contributed by atoms with Crippen molar-refractivity contribution in [1.29, 1.82) is 0 Å². The number of carbonyl (C=O) groups is 3. The van der Waals surface area contributed by atoms with Crippen molar-refractivity contribution < 1.29 is 19.1 Å². The van der Waals surface area contributed by atoms with E-state index in [1.165, 1.54) is 0 Å². The van der Waals surface area contributed by atoms with Gasteiger partial charge in [0.15, 0.2) is 6.61 Å².